The second-order valence-corrected chi connectivity index (χ2v) is 7.25. The van der Waals surface area contributed by atoms with E-state index >= 15 is 0 Å². The second-order valence-electron chi connectivity index (χ2n) is 6.29. The molecule has 1 aliphatic carbocycles. The molecule has 4 nitrogen and oxygen atoms in total. The maximum atomic E-state index is 12.8. The number of hydrogen-bond acceptors (Lipinski definition) is 4. The fourth-order valence-electron chi connectivity index (χ4n) is 3.37. The van der Waals surface area contributed by atoms with Gasteiger partial charge < -0.3 is 4.74 Å². The van der Waals surface area contributed by atoms with Crippen molar-refractivity contribution in [2.24, 2.45) is 0 Å². The minimum Gasteiger partial charge on any atom is -0.497 e. The van der Waals surface area contributed by atoms with E-state index < -0.39 is 0 Å². The Morgan fingerprint density at radius 3 is 2.58 bits per heavy atom. The Bertz CT molecular complexity index is 966. The molecule has 0 N–H and O–H groups in total. The first-order valence-corrected chi connectivity index (χ1v) is 9.71. The smallest absolute Gasteiger partial charge is 0.353 e. The van der Waals surface area contributed by atoms with E-state index in [1.165, 1.54) is 11.1 Å². The van der Waals surface area contributed by atoms with Gasteiger partial charge in [0.05, 0.1) is 12.8 Å². The molecule has 26 heavy (non-hydrogen) atoms. The molecule has 0 atom stereocenters. The summed E-state index contributed by atoms with van der Waals surface area (Å²) in [5, 5.41) is 0.885. The summed E-state index contributed by atoms with van der Waals surface area (Å²) < 4.78 is 6.97. The van der Waals surface area contributed by atoms with Crippen molar-refractivity contribution in [1.82, 2.24) is 9.55 Å². The molecular weight excluding hydrogens is 344 g/mol. The van der Waals surface area contributed by atoms with Crippen LogP contribution in [0.2, 0.25) is 0 Å². The van der Waals surface area contributed by atoms with E-state index in [1.54, 1.807) is 23.4 Å². The van der Waals surface area contributed by atoms with Crippen LogP contribution in [0.5, 0.6) is 5.75 Å². The zero-order chi connectivity index (χ0) is 17.9. The third-order valence-electron chi connectivity index (χ3n) is 4.65. The Balaban J connectivity index is 1.69. The number of ether oxygens (including phenoxy) is 1. The van der Waals surface area contributed by atoms with Gasteiger partial charge in [-0.25, -0.2) is 4.79 Å². The standard InChI is InChI=1S/C21H20N2O2S/c1-25-17-12-10-16(11-13-17)23-19-9-5-8-18(19)20(22-21(23)24)26-14-15-6-3-2-4-7-15/h2-4,6-7,10-13H,5,8-9,14H2,1H3. The minimum absolute atomic E-state index is 0.202. The number of rotatable bonds is 5. The predicted molar refractivity (Wildman–Crippen MR) is 104 cm³/mol. The first-order valence-electron chi connectivity index (χ1n) is 8.72. The number of hydrogen-bond donors (Lipinski definition) is 0. The lowest BCUT2D eigenvalue weighted by Crippen LogP contribution is -2.25. The molecule has 0 fully saturated rings. The van der Waals surface area contributed by atoms with Crippen molar-refractivity contribution in [3.63, 3.8) is 0 Å². The van der Waals surface area contributed by atoms with E-state index in [0.29, 0.717) is 0 Å². The zero-order valence-corrected chi connectivity index (χ0v) is 15.5. The number of thioether (sulfide) groups is 1. The number of benzene rings is 2. The molecule has 1 aliphatic rings. The summed E-state index contributed by atoms with van der Waals surface area (Å²) in [7, 11) is 1.64. The van der Waals surface area contributed by atoms with Crippen molar-refractivity contribution in [2.45, 2.75) is 30.0 Å². The summed E-state index contributed by atoms with van der Waals surface area (Å²) in [6, 6.07) is 17.9. The van der Waals surface area contributed by atoms with Gasteiger partial charge >= 0.3 is 5.69 Å². The molecule has 0 saturated carbocycles. The van der Waals surface area contributed by atoms with Crippen LogP contribution in [0.1, 0.15) is 23.2 Å². The molecule has 0 aliphatic heterocycles. The normalized spacial score (nSPS) is 12.8. The Kier molecular flexibility index (Phi) is 4.80. The van der Waals surface area contributed by atoms with Crippen molar-refractivity contribution >= 4 is 11.8 Å². The molecule has 0 spiro atoms. The van der Waals surface area contributed by atoms with E-state index in [4.69, 9.17) is 4.74 Å². The first-order chi connectivity index (χ1) is 12.8. The maximum Gasteiger partial charge on any atom is 0.353 e. The van der Waals surface area contributed by atoms with Crippen LogP contribution in [0, 0.1) is 0 Å². The number of aromatic nitrogens is 2. The molecule has 1 heterocycles. The van der Waals surface area contributed by atoms with Gasteiger partial charge in [0.2, 0.25) is 0 Å². The summed E-state index contributed by atoms with van der Waals surface area (Å²) in [6.07, 6.45) is 2.96. The highest BCUT2D eigenvalue weighted by atomic mass is 32.2. The summed E-state index contributed by atoms with van der Waals surface area (Å²) >= 11 is 1.66. The van der Waals surface area contributed by atoms with Crippen LogP contribution in [0.3, 0.4) is 0 Å². The lowest BCUT2D eigenvalue weighted by molar-refractivity contribution is 0.414. The molecule has 0 radical (unpaired) electrons. The van der Waals surface area contributed by atoms with E-state index in [1.807, 2.05) is 42.5 Å². The van der Waals surface area contributed by atoms with Gasteiger partial charge in [0.1, 0.15) is 10.8 Å². The predicted octanol–water partition coefficient (Wildman–Crippen LogP) is 4.02. The van der Waals surface area contributed by atoms with Crippen molar-refractivity contribution in [3.05, 3.63) is 81.9 Å². The fraction of sp³-hybridized carbons (Fsp3) is 0.238. The highest BCUT2D eigenvalue weighted by molar-refractivity contribution is 7.98. The monoisotopic (exact) mass is 364 g/mol. The summed E-state index contributed by atoms with van der Waals surface area (Å²) in [4.78, 5) is 17.2. The molecule has 2 aromatic carbocycles. The van der Waals surface area contributed by atoms with Crippen LogP contribution in [0.4, 0.5) is 0 Å². The summed E-state index contributed by atoms with van der Waals surface area (Å²) in [6.45, 7) is 0. The van der Waals surface area contributed by atoms with Gasteiger partial charge in [-0.2, -0.15) is 4.98 Å². The molecule has 0 unspecified atom stereocenters. The SMILES string of the molecule is COc1ccc(-n2c3c(c(SCc4ccccc4)nc2=O)CCC3)cc1. The first kappa shape index (κ1) is 16.9. The molecule has 0 amide bonds. The molecule has 1 aromatic heterocycles. The van der Waals surface area contributed by atoms with E-state index in [9.17, 15) is 4.79 Å². The van der Waals surface area contributed by atoms with Crippen LogP contribution in [0.15, 0.2) is 64.4 Å². The number of fused-ring (bicyclic) bond motifs is 1. The second kappa shape index (κ2) is 7.38. The molecule has 4 rings (SSSR count). The number of methoxy groups -OCH3 is 1. The van der Waals surface area contributed by atoms with E-state index in [0.717, 1.165) is 47.2 Å². The number of nitrogens with zero attached hydrogens (tertiary/aromatic N) is 2. The van der Waals surface area contributed by atoms with E-state index in [2.05, 4.69) is 17.1 Å². The molecule has 0 bridgehead atoms. The van der Waals surface area contributed by atoms with Crippen molar-refractivity contribution in [1.29, 1.82) is 0 Å². The van der Waals surface area contributed by atoms with Gasteiger partial charge in [-0.05, 0) is 49.1 Å². The molecule has 3 aromatic rings. The minimum atomic E-state index is -0.202. The Morgan fingerprint density at radius 1 is 1.08 bits per heavy atom. The highest BCUT2D eigenvalue weighted by Crippen LogP contribution is 2.32. The summed E-state index contributed by atoms with van der Waals surface area (Å²) in [5.41, 5.74) is 4.21. The topological polar surface area (TPSA) is 44.1 Å². The fourth-order valence-corrected chi connectivity index (χ4v) is 4.40. The van der Waals surface area contributed by atoms with Crippen LogP contribution in [-0.4, -0.2) is 16.7 Å². The van der Waals surface area contributed by atoms with Crippen molar-refractivity contribution in [2.75, 3.05) is 7.11 Å². The Morgan fingerprint density at radius 2 is 1.85 bits per heavy atom. The zero-order valence-electron chi connectivity index (χ0n) is 14.6. The molecule has 132 valence electrons. The van der Waals surface area contributed by atoms with Crippen molar-refractivity contribution in [3.8, 4) is 11.4 Å². The highest BCUT2D eigenvalue weighted by Gasteiger charge is 2.22. The Labute approximate surface area is 156 Å². The lowest BCUT2D eigenvalue weighted by Gasteiger charge is -2.14. The van der Waals surface area contributed by atoms with Crippen LogP contribution in [0.25, 0.3) is 5.69 Å². The van der Waals surface area contributed by atoms with Gasteiger partial charge in [0.25, 0.3) is 0 Å². The van der Waals surface area contributed by atoms with Gasteiger partial charge in [0, 0.05) is 17.0 Å². The van der Waals surface area contributed by atoms with Crippen LogP contribution >= 0.6 is 11.8 Å². The van der Waals surface area contributed by atoms with Gasteiger partial charge in [-0.3, -0.25) is 4.57 Å². The van der Waals surface area contributed by atoms with Crippen LogP contribution < -0.4 is 10.4 Å². The van der Waals surface area contributed by atoms with Gasteiger partial charge in [0.15, 0.2) is 0 Å². The van der Waals surface area contributed by atoms with Crippen molar-refractivity contribution < 1.29 is 4.74 Å². The third kappa shape index (κ3) is 3.27. The third-order valence-corrected chi connectivity index (χ3v) is 5.74. The lowest BCUT2D eigenvalue weighted by atomic mass is 10.2. The van der Waals surface area contributed by atoms with Crippen LogP contribution in [-0.2, 0) is 18.6 Å². The molecular formula is C21H20N2O2S. The average Bonchev–Trinajstić information content (AvgIpc) is 3.17. The molecule has 0 saturated heterocycles. The van der Waals surface area contributed by atoms with Gasteiger partial charge in [-0.15, -0.1) is 11.8 Å². The van der Waals surface area contributed by atoms with Gasteiger partial charge in [-0.1, -0.05) is 30.3 Å². The summed E-state index contributed by atoms with van der Waals surface area (Å²) in [5.74, 6) is 1.60. The molecule has 5 heteroatoms. The largest absolute Gasteiger partial charge is 0.497 e. The van der Waals surface area contributed by atoms with E-state index in [-0.39, 0.29) is 5.69 Å². The Hall–Kier alpha value is -2.53. The maximum absolute atomic E-state index is 12.8. The average molecular weight is 364 g/mol. The quantitative estimate of drug-likeness (QED) is 0.507.